The number of benzene rings is 7. The summed E-state index contributed by atoms with van der Waals surface area (Å²) >= 11 is 0. The largest absolute Gasteiger partial charge is 0.242 e. The Hall–Kier alpha value is -5.33. The highest BCUT2D eigenvalue weighted by Crippen LogP contribution is 2.31. The van der Waals surface area contributed by atoms with E-state index in [9.17, 15) is 0 Å². The van der Waals surface area contributed by atoms with Crippen LogP contribution in [0.5, 0.6) is 0 Å². The van der Waals surface area contributed by atoms with Crippen LogP contribution in [0.1, 0.15) is 79.6 Å². The van der Waals surface area contributed by atoms with Gasteiger partial charge in [-0.1, -0.05) is 211 Å². The number of hydrogen-bond donors (Lipinski definition) is 0. The van der Waals surface area contributed by atoms with Crippen molar-refractivity contribution in [3.05, 3.63) is 188 Å². The topological polar surface area (TPSA) is 0 Å². The molecular formula is C54H54B2. The van der Waals surface area contributed by atoms with Crippen LogP contribution in [0.25, 0.3) is 22.3 Å². The first-order valence-corrected chi connectivity index (χ1v) is 20.5. The Morgan fingerprint density at radius 3 is 1.20 bits per heavy atom. The third-order valence-corrected chi connectivity index (χ3v) is 12.7. The lowest BCUT2D eigenvalue weighted by Gasteiger charge is -2.34. The molecule has 56 heavy (non-hydrogen) atoms. The monoisotopic (exact) mass is 724 g/mol. The summed E-state index contributed by atoms with van der Waals surface area (Å²) in [5, 5.41) is 0. The van der Waals surface area contributed by atoms with Gasteiger partial charge in [0.2, 0.25) is 13.4 Å². The lowest BCUT2D eigenvalue weighted by Crippen LogP contribution is -2.59. The van der Waals surface area contributed by atoms with Crippen LogP contribution in [0.3, 0.4) is 0 Å². The number of fused-ring (bicyclic) bond motifs is 2. The third-order valence-electron chi connectivity index (χ3n) is 12.7. The van der Waals surface area contributed by atoms with Crippen molar-refractivity contribution in [1.29, 1.82) is 0 Å². The van der Waals surface area contributed by atoms with Crippen molar-refractivity contribution in [2.24, 2.45) is 0 Å². The maximum atomic E-state index is 2.43. The molecule has 0 aliphatic carbocycles. The van der Waals surface area contributed by atoms with Crippen LogP contribution < -0.4 is 32.8 Å². The second-order valence-electron chi connectivity index (χ2n) is 17.2. The summed E-state index contributed by atoms with van der Waals surface area (Å²) in [5.74, 6) is 0.377. The smallest absolute Gasteiger partial charge is 0.0686 e. The highest BCUT2D eigenvalue weighted by molar-refractivity contribution is 6.97. The maximum Gasteiger partial charge on any atom is 0.242 e. The molecule has 2 heteroatoms. The van der Waals surface area contributed by atoms with Crippen LogP contribution in [0.15, 0.2) is 121 Å². The molecule has 0 bridgehead atoms. The van der Waals surface area contributed by atoms with Crippen molar-refractivity contribution in [3.63, 3.8) is 0 Å². The van der Waals surface area contributed by atoms with Crippen LogP contribution >= 0.6 is 0 Å². The maximum absolute atomic E-state index is 2.43. The summed E-state index contributed by atoms with van der Waals surface area (Å²) in [6.45, 7) is 25.4. The van der Waals surface area contributed by atoms with Gasteiger partial charge in [-0.15, -0.1) is 0 Å². The van der Waals surface area contributed by atoms with Gasteiger partial charge >= 0.3 is 0 Å². The minimum Gasteiger partial charge on any atom is -0.0686 e. The minimum absolute atomic E-state index is 0.169. The molecule has 0 saturated carbocycles. The van der Waals surface area contributed by atoms with Gasteiger partial charge in [0.05, 0.1) is 0 Å². The molecule has 7 aromatic rings. The average molecular weight is 725 g/mol. The Morgan fingerprint density at radius 2 is 0.768 bits per heavy atom. The van der Waals surface area contributed by atoms with Gasteiger partial charge in [0, 0.05) is 5.92 Å². The number of aryl methyl sites for hydroxylation is 10. The first kappa shape index (κ1) is 37.6. The van der Waals surface area contributed by atoms with E-state index < -0.39 is 0 Å². The Morgan fingerprint density at radius 1 is 0.393 bits per heavy atom. The molecule has 0 spiro atoms. The van der Waals surface area contributed by atoms with Crippen LogP contribution in [-0.2, 0) is 0 Å². The van der Waals surface area contributed by atoms with Crippen LogP contribution in [-0.4, -0.2) is 13.4 Å². The van der Waals surface area contributed by atoms with Gasteiger partial charge in [-0.25, -0.2) is 0 Å². The summed E-state index contributed by atoms with van der Waals surface area (Å²) in [4.78, 5) is 0. The van der Waals surface area contributed by atoms with E-state index in [1.165, 1.54) is 122 Å². The Labute approximate surface area is 337 Å². The van der Waals surface area contributed by atoms with Gasteiger partial charge in [-0.3, -0.25) is 0 Å². The molecule has 1 aliphatic heterocycles. The van der Waals surface area contributed by atoms with E-state index in [0.717, 1.165) is 0 Å². The molecule has 0 aromatic heterocycles. The zero-order chi connectivity index (χ0) is 39.6. The number of hydrogen-bond acceptors (Lipinski definition) is 0. The zero-order valence-electron chi connectivity index (χ0n) is 35.3. The van der Waals surface area contributed by atoms with Gasteiger partial charge in [0.15, 0.2) is 0 Å². The average Bonchev–Trinajstić information content (AvgIpc) is 3.14. The molecule has 0 N–H and O–H groups in total. The summed E-state index contributed by atoms with van der Waals surface area (Å²) in [7, 11) is 0. The van der Waals surface area contributed by atoms with Crippen molar-refractivity contribution in [2.45, 2.75) is 82.1 Å². The van der Waals surface area contributed by atoms with Crippen LogP contribution in [0, 0.1) is 69.2 Å². The fourth-order valence-electron chi connectivity index (χ4n) is 10.6. The minimum atomic E-state index is 0.169. The first-order valence-electron chi connectivity index (χ1n) is 20.5. The van der Waals surface area contributed by atoms with Gasteiger partial charge in [0.25, 0.3) is 0 Å². The van der Waals surface area contributed by atoms with Crippen LogP contribution in [0.4, 0.5) is 0 Å². The second kappa shape index (κ2) is 14.6. The molecule has 8 rings (SSSR count). The first-order chi connectivity index (χ1) is 26.8. The Balaban J connectivity index is 1.15. The zero-order valence-corrected chi connectivity index (χ0v) is 35.3. The molecule has 276 valence electrons. The predicted molar refractivity (Wildman–Crippen MR) is 247 cm³/mol. The van der Waals surface area contributed by atoms with Gasteiger partial charge in [-0.05, 0) is 109 Å². The second-order valence-corrected chi connectivity index (χ2v) is 17.2. The fourth-order valence-corrected chi connectivity index (χ4v) is 10.6. The molecule has 0 fully saturated rings. The van der Waals surface area contributed by atoms with Gasteiger partial charge in [-0.2, -0.15) is 0 Å². The van der Waals surface area contributed by atoms with E-state index in [1.54, 1.807) is 0 Å². The third kappa shape index (κ3) is 6.68. The van der Waals surface area contributed by atoms with Crippen molar-refractivity contribution < 1.29 is 0 Å². The fraction of sp³-hybridized carbons (Fsp3) is 0.222. The molecule has 0 saturated heterocycles. The van der Waals surface area contributed by atoms with Gasteiger partial charge < -0.3 is 0 Å². The standard InChI is InChI=1S/C54H54B2/c1-32-23-36(5)51(37(6)24-32)55(52-38(7)25-33(2)26-39(52)8)47-19-15-43(16-20-47)45-13-12-14-46(31-45)44-17-21-48(22-18-44)56-53-40(9)27-34(3)29-49(53)42(11)50-30-35(4)28-41(10)54(50)56/h12-31,42H,1-11H3. The van der Waals surface area contributed by atoms with E-state index in [1.807, 2.05) is 0 Å². The van der Waals surface area contributed by atoms with Crippen molar-refractivity contribution in [1.82, 2.24) is 0 Å². The molecule has 0 atom stereocenters. The Kier molecular flexibility index (Phi) is 9.82. The lowest BCUT2D eigenvalue weighted by molar-refractivity contribution is 0.922. The molecule has 0 radical (unpaired) electrons. The molecular weight excluding hydrogens is 670 g/mol. The molecule has 7 aromatic carbocycles. The quantitative estimate of drug-likeness (QED) is 0.150. The van der Waals surface area contributed by atoms with E-state index in [0.29, 0.717) is 5.92 Å². The summed E-state index contributed by atoms with van der Waals surface area (Å²) in [5.41, 5.74) is 30.0. The normalized spacial score (nSPS) is 12.4. The molecule has 0 amide bonds. The molecule has 1 aliphatic rings. The van der Waals surface area contributed by atoms with Crippen molar-refractivity contribution in [3.8, 4) is 22.3 Å². The highest BCUT2D eigenvalue weighted by Gasteiger charge is 2.36. The number of rotatable bonds is 6. The predicted octanol–water partition coefficient (Wildman–Crippen LogP) is 9.60. The molecule has 0 unspecified atom stereocenters. The van der Waals surface area contributed by atoms with Gasteiger partial charge in [0.1, 0.15) is 0 Å². The molecule has 1 heterocycles. The Bertz CT molecular complexity index is 2480. The van der Waals surface area contributed by atoms with Crippen molar-refractivity contribution in [2.75, 3.05) is 0 Å². The SMILES string of the molecule is Cc1cc(C)c(B(c2ccc(-c3cccc(-c4ccc(B5c6c(C)cc(C)cc6C(C)c6cc(C)cc(C)c65)cc4)c3)cc2)c2c(C)cc(C)cc2C)c(C)c1. The van der Waals surface area contributed by atoms with E-state index in [4.69, 9.17) is 0 Å². The van der Waals surface area contributed by atoms with Crippen molar-refractivity contribution >= 4 is 46.2 Å². The van der Waals surface area contributed by atoms with E-state index in [-0.39, 0.29) is 13.4 Å². The summed E-state index contributed by atoms with van der Waals surface area (Å²) in [6, 6.07) is 46.9. The molecule has 0 nitrogen and oxygen atoms in total. The highest BCUT2D eigenvalue weighted by atomic mass is 14.3. The van der Waals surface area contributed by atoms with Crippen LogP contribution in [0.2, 0.25) is 0 Å². The lowest BCUT2D eigenvalue weighted by atomic mass is 9.31. The van der Waals surface area contributed by atoms with E-state index in [2.05, 4.69) is 197 Å². The van der Waals surface area contributed by atoms with E-state index >= 15 is 0 Å². The summed E-state index contributed by atoms with van der Waals surface area (Å²) < 4.78 is 0. The summed E-state index contributed by atoms with van der Waals surface area (Å²) in [6.07, 6.45) is 0.